The van der Waals surface area contributed by atoms with Crippen LogP contribution in [0.25, 0.3) is 0 Å². The first-order valence-corrected chi connectivity index (χ1v) is 9.21. The maximum Gasteiger partial charge on any atom is 0.238 e. The first-order chi connectivity index (χ1) is 13.2. The van der Waals surface area contributed by atoms with Crippen molar-refractivity contribution < 1.29 is 14.3 Å². The Morgan fingerprint density at radius 1 is 1.30 bits per heavy atom. The van der Waals surface area contributed by atoms with Crippen molar-refractivity contribution in [2.75, 3.05) is 20.3 Å². The Labute approximate surface area is 158 Å². The highest BCUT2D eigenvalue weighted by Crippen LogP contribution is 2.30. The fourth-order valence-corrected chi connectivity index (χ4v) is 3.58. The summed E-state index contributed by atoms with van der Waals surface area (Å²) in [5.74, 6) is 1.95. The lowest BCUT2D eigenvalue weighted by Gasteiger charge is -2.26. The molecule has 0 aliphatic carbocycles. The summed E-state index contributed by atoms with van der Waals surface area (Å²) < 4.78 is 11.1. The number of aromatic nitrogens is 1. The Kier molecular flexibility index (Phi) is 5.22. The number of rotatable bonds is 5. The van der Waals surface area contributed by atoms with E-state index in [0.717, 1.165) is 29.0 Å². The Morgan fingerprint density at radius 2 is 2.15 bits per heavy atom. The molecule has 142 valence electrons. The van der Waals surface area contributed by atoms with Gasteiger partial charge in [-0.25, -0.2) is 10.9 Å². The van der Waals surface area contributed by atoms with Crippen molar-refractivity contribution in [3.8, 4) is 11.5 Å². The van der Waals surface area contributed by atoms with Crippen molar-refractivity contribution in [3.05, 3.63) is 53.9 Å². The zero-order valence-electron chi connectivity index (χ0n) is 15.3. The highest BCUT2D eigenvalue weighted by molar-refractivity contribution is 5.82. The summed E-state index contributed by atoms with van der Waals surface area (Å²) in [6.45, 7) is 1.19. The molecule has 2 aliphatic rings. The molecule has 3 heterocycles. The van der Waals surface area contributed by atoms with E-state index < -0.39 is 0 Å². The van der Waals surface area contributed by atoms with Crippen LogP contribution in [0.4, 0.5) is 0 Å². The number of carbonyl (C=O) groups excluding carboxylic acids is 1. The molecular weight excluding hydrogens is 344 g/mol. The number of pyridine rings is 1. The number of hydrazine groups is 1. The highest BCUT2D eigenvalue weighted by Gasteiger charge is 2.30. The third-order valence-corrected chi connectivity index (χ3v) is 5.15. The molecule has 2 aliphatic heterocycles. The van der Waals surface area contributed by atoms with Crippen LogP contribution in [-0.4, -0.2) is 37.2 Å². The SMILES string of the molecule is COc1ccc2c(c1)OCC(CNC(=O)C1CC(c3ccncc3)NN1)C2. The number of carbonyl (C=O) groups is 1. The van der Waals surface area contributed by atoms with Gasteiger partial charge in [-0.3, -0.25) is 9.78 Å². The molecule has 3 N–H and O–H groups in total. The minimum Gasteiger partial charge on any atom is -0.497 e. The largest absolute Gasteiger partial charge is 0.497 e. The van der Waals surface area contributed by atoms with Gasteiger partial charge in [0.25, 0.3) is 0 Å². The van der Waals surface area contributed by atoms with Gasteiger partial charge >= 0.3 is 0 Å². The summed E-state index contributed by atoms with van der Waals surface area (Å²) in [7, 11) is 1.65. The predicted molar refractivity (Wildman–Crippen MR) is 100 cm³/mol. The number of hydrogen-bond acceptors (Lipinski definition) is 6. The average molecular weight is 368 g/mol. The molecule has 0 radical (unpaired) electrons. The van der Waals surface area contributed by atoms with E-state index in [9.17, 15) is 4.79 Å². The minimum absolute atomic E-state index is 0.0135. The number of benzene rings is 1. The van der Waals surface area contributed by atoms with Crippen LogP contribution in [0.1, 0.15) is 23.6 Å². The maximum atomic E-state index is 12.5. The van der Waals surface area contributed by atoms with Crippen LogP contribution >= 0.6 is 0 Å². The fraction of sp³-hybridized carbons (Fsp3) is 0.400. The van der Waals surface area contributed by atoms with E-state index in [4.69, 9.17) is 9.47 Å². The number of amides is 1. The van der Waals surface area contributed by atoms with Gasteiger partial charge in [0.2, 0.25) is 5.91 Å². The van der Waals surface area contributed by atoms with Crippen LogP contribution in [0.3, 0.4) is 0 Å². The summed E-state index contributed by atoms with van der Waals surface area (Å²) >= 11 is 0. The van der Waals surface area contributed by atoms with Gasteiger partial charge in [0.15, 0.2) is 0 Å². The molecule has 3 unspecified atom stereocenters. The van der Waals surface area contributed by atoms with Crippen LogP contribution in [-0.2, 0) is 11.2 Å². The lowest BCUT2D eigenvalue weighted by atomic mass is 9.96. The van der Waals surface area contributed by atoms with Crippen LogP contribution in [0.5, 0.6) is 11.5 Å². The van der Waals surface area contributed by atoms with Gasteiger partial charge in [-0.15, -0.1) is 0 Å². The molecule has 1 saturated heterocycles. The molecule has 1 aromatic carbocycles. The van der Waals surface area contributed by atoms with E-state index in [2.05, 4.69) is 21.2 Å². The van der Waals surface area contributed by atoms with Gasteiger partial charge in [0, 0.05) is 37.0 Å². The Hall–Kier alpha value is -2.64. The topological polar surface area (TPSA) is 84.5 Å². The summed E-state index contributed by atoms with van der Waals surface area (Å²) in [4.78, 5) is 16.5. The second-order valence-electron chi connectivity index (χ2n) is 7.01. The third kappa shape index (κ3) is 4.04. The zero-order chi connectivity index (χ0) is 18.6. The van der Waals surface area contributed by atoms with Crippen LogP contribution in [0, 0.1) is 5.92 Å². The van der Waals surface area contributed by atoms with E-state index in [1.54, 1.807) is 19.5 Å². The number of ether oxygens (including phenoxy) is 2. The summed E-state index contributed by atoms with van der Waals surface area (Å²) in [5, 5.41) is 3.06. The molecule has 0 saturated carbocycles. The van der Waals surface area contributed by atoms with E-state index >= 15 is 0 Å². The van der Waals surface area contributed by atoms with Crippen molar-refractivity contribution in [1.29, 1.82) is 0 Å². The molecule has 0 bridgehead atoms. The van der Waals surface area contributed by atoms with Crippen molar-refractivity contribution in [2.24, 2.45) is 5.92 Å². The first-order valence-electron chi connectivity index (χ1n) is 9.21. The lowest BCUT2D eigenvalue weighted by molar-refractivity contribution is -0.123. The molecule has 7 heteroatoms. The lowest BCUT2D eigenvalue weighted by Crippen LogP contribution is -2.45. The smallest absolute Gasteiger partial charge is 0.238 e. The van der Waals surface area contributed by atoms with Crippen molar-refractivity contribution >= 4 is 5.91 Å². The summed E-state index contributed by atoms with van der Waals surface area (Å²) in [6.07, 6.45) is 5.12. The van der Waals surface area contributed by atoms with E-state index in [1.807, 2.05) is 30.3 Å². The third-order valence-electron chi connectivity index (χ3n) is 5.15. The van der Waals surface area contributed by atoms with Crippen LogP contribution in [0.15, 0.2) is 42.7 Å². The Balaban J connectivity index is 1.27. The molecule has 1 amide bonds. The second-order valence-corrected chi connectivity index (χ2v) is 7.01. The average Bonchev–Trinajstić information content (AvgIpc) is 3.22. The first kappa shape index (κ1) is 17.8. The molecule has 4 rings (SSSR count). The van der Waals surface area contributed by atoms with Crippen molar-refractivity contribution in [3.63, 3.8) is 0 Å². The van der Waals surface area contributed by atoms with Gasteiger partial charge in [-0.05, 0) is 42.2 Å². The molecule has 27 heavy (non-hydrogen) atoms. The van der Waals surface area contributed by atoms with Gasteiger partial charge in [-0.1, -0.05) is 6.07 Å². The Bertz CT molecular complexity index is 799. The quantitative estimate of drug-likeness (QED) is 0.739. The van der Waals surface area contributed by atoms with Crippen LogP contribution < -0.4 is 25.6 Å². The molecule has 0 spiro atoms. The van der Waals surface area contributed by atoms with Gasteiger partial charge in [0.1, 0.15) is 17.5 Å². The molecule has 2 aromatic rings. The number of methoxy groups -OCH3 is 1. The molecule has 1 fully saturated rings. The van der Waals surface area contributed by atoms with Gasteiger partial charge in [-0.2, -0.15) is 0 Å². The normalized spacial score (nSPS) is 24.0. The standard InChI is InChI=1S/C20H24N4O3/c1-26-16-3-2-15-8-13(12-27-19(15)9-16)11-22-20(25)18-10-17(23-24-18)14-4-6-21-7-5-14/h2-7,9,13,17-18,23-24H,8,10-12H2,1H3,(H,22,25). The summed E-state index contributed by atoms with van der Waals surface area (Å²) in [5.41, 5.74) is 8.56. The van der Waals surface area contributed by atoms with E-state index in [-0.39, 0.29) is 23.9 Å². The number of fused-ring (bicyclic) bond motifs is 1. The molecular formula is C20H24N4O3. The highest BCUT2D eigenvalue weighted by atomic mass is 16.5. The zero-order valence-corrected chi connectivity index (χ0v) is 15.3. The van der Waals surface area contributed by atoms with Gasteiger partial charge in [0.05, 0.1) is 13.7 Å². The van der Waals surface area contributed by atoms with E-state index in [1.165, 1.54) is 0 Å². The molecule has 3 atom stereocenters. The number of nitrogens with zero attached hydrogens (tertiary/aromatic N) is 1. The minimum atomic E-state index is -0.246. The molecule has 7 nitrogen and oxygen atoms in total. The molecule has 1 aromatic heterocycles. The predicted octanol–water partition coefficient (Wildman–Crippen LogP) is 1.37. The van der Waals surface area contributed by atoms with Crippen molar-refractivity contribution in [2.45, 2.75) is 24.9 Å². The summed E-state index contributed by atoms with van der Waals surface area (Å²) in [6, 6.07) is 9.68. The number of nitrogens with one attached hydrogen (secondary N) is 3. The Morgan fingerprint density at radius 3 is 2.96 bits per heavy atom. The fourth-order valence-electron chi connectivity index (χ4n) is 3.58. The second kappa shape index (κ2) is 7.94. The van der Waals surface area contributed by atoms with E-state index in [0.29, 0.717) is 19.6 Å². The van der Waals surface area contributed by atoms with Crippen LogP contribution in [0.2, 0.25) is 0 Å². The van der Waals surface area contributed by atoms with Gasteiger partial charge < -0.3 is 14.8 Å². The monoisotopic (exact) mass is 368 g/mol. The maximum absolute atomic E-state index is 12.5. The van der Waals surface area contributed by atoms with Crippen molar-refractivity contribution in [1.82, 2.24) is 21.2 Å². The number of hydrogen-bond donors (Lipinski definition) is 3.